The largest absolute Gasteiger partial charge is 0.456 e. The molecule has 0 bridgehead atoms. The second-order valence-electron chi connectivity index (χ2n) is 15.7. The number of hydrogen-bond acceptors (Lipinski definition) is 4. The Hall–Kier alpha value is -8.34. The summed E-state index contributed by atoms with van der Waals surface area (Å²) in [5.41, 5.74) is 17.0. The van der Waals surface area contributed by atoms with E-state index in [1.165, 1.54) is 0 Å². The lowest BCUT2D eigenvalue weighted by molar-refractivity contribution is 0.668. The van der Waals surface area contributed by atoms with E-state index >= 15 is 0 Å². The van der Waals surface area contributed by atoms with Crippen LogP contribution in [0.15, 0.2) is 227 Å². The second kappa shape index (κ2) is 14.7. The third kappa shape index (κ3) is 6.16. The summed E-state index contributed by atoms with van der Waals surface area (Å²) in [7, 11) is 0. The number of benzene rings is 9. The maximum Gasteiger partial charge on any atom is 0.160 e. The van der Waals surface area contributed by atoms with E-state index in [2.05, 4.69) is 182 Å². The van der Waals surface area contributed by atoms with Crippen LogP contribution in [0, 0.1) is 0 Å². The van der Waals surface area contributed by atoms with Crippen LogP contribution in [0.4, 0.5) is 0 Å². The van der Waals surface area contributed by atoms with Gasteiger partial charge in [-0.1, -0.05) is 170 Å². The van der Waals surface area contributed by atoms with Gasteiger partial charge in [-0.15, -0.1) is 0 Å². The molecule has 0 N–H and O–H groups in total. The highest BCUT2D eigenvalue weighted by atomic mass is 16.3. The van der Waals surface area contributed by atoms with Crippen molar-refractivity contribution >= 4 is 43.9 Å². The molecule has 0 aliphatic rings. The quantitative estimate of drug-likeness (QED) is 0.161. The van der Waals surface area contributed by atoms with Crippen LogP contribution >= 0.6 is 0 Å². The molecule has 0 aliphatic carbocycles. The van der Waals surface area contributed by atoms with E-state index < -0.39 is 0 Å². The van der Waals surface area contributed by atoms with Gasteiger partial charge in [-0.2, -0.15) is 0 Å². The van der Waals surface area contributed by atoms with E-state index in [0.29, 0.717) is 5.82 Å². The zero-order chi connectivity index (χ0) is 41.0. The Bertz CT molecular complexity index is 3550. The van der Waals surface area contributed by atoms with Gasteiger partial charge >= 0.3 is 0 Å². The summed E-state index contributed by atoms with van der Waals surface area (Å²) >= 11 is 0. The van der Waals surface area contributed by atoms with Crippen LogP contribution in [0.5, 0.6) is 0 Å². The molecule has 0 aliphatic heterocycles. The summed E-state index contributed by atoms with van der Waals surface area (Å²) < 4.78 is 13.1. The Morgan fingerprint density at radius 3 is 1.44 bits per heavy atom. The lowest BCUT2D eigenvalue weighted by atomic mass is 9.92. The highest BCUT2D eigenvalue weighted by molar-refractivity contribution is 6.20. The first-order valence-corrected chi connectivity index (χ1v) is 20.9. The predicted molar refractivity (Wildman–Crippen MR) is 255 cm³/mol. The molecule has 12 rings (SSSR count). The molecular weight excluding hydrogens is 757 g/mol. The molecule has 3 aromatic heterocycles. The molecule has 12 aromatic rings. The Kier molecular flexibility index (Phi) is 8.46. The van der Waals surface area contributed by atoms with Crippen LogP contribution in [-0.2, 0) is 0 Å². The average molecular weight is 793 g/mol. The first-order valence-electron chi connectivity index (χ1n) is 20.9. The third-order valence-corrected chi connectivity index (χ3v) is 11.9. The number of hydrogen-bond donors (Lipinski definition) is 0. The van der Waals surface area contributed by atoms with E-state index in [0.717, 1.165) is 116 Å². The summed E-state index contributed by atoms with van der Waals surface area (Å²) in [5.74, 6) is 0.661. The molecule has 0 spiro atoms. The van der Waals surface area contributed by atoms with Gasteiger partial charge in [0.05, 0.1) is 11.4 Å². The Balaban J connectivity index is 0.998. The SMILES string of the molecule is c1ccc(-c2cc(-c3ccccc3)cc(-c3cc(-c4ccccc4)nc(-c4ccc(-c5ccc(-c6cccc7oc8ccccc8c67)c6oc7ccccc7c56)cc4)n3)c2)cc1. The standard InChI is InChI=1S/C58H36N2O2/c1-4-15-37(16-5-1)42-33-43(38-17-6-2-7-18-38)35-44(34-42)51-36-50(40-19-8-3-9-20-40)59-58(60-51)41-29-27-39(28-30-41)45-31-32-47(57-56(45)49-22-11-13-25-53(49)62-57)46-23-14-26-54-55(46)48-21-10-12-24-52(48)61-54/h1-36H. The number of aromatic nitrogens is 2. The molecule has 0 amide bonds. The topological polar surface area (TPSA) is 52.1 Å². The first kappa shape index (κ1) is 35.6. The molecule has 9 aromatic carbocycles. The van der Waals surface area contributed by atoms with Crippen LogP contribution in [0.1, 0.15) is 0 Å². The lowest BCUT2D eigenvalue weighted by Crippen LogP contribution is -1.96. The highest BCUT2D eigenvalue weighted by Crippen LogP contribution is 2.45. The van der Waals surface area contributed by atoms with Crippen LogP contribution < -0.4 is 0 Å². The fourth-order valence-corrected chi connectivity index (χ4v) is 8.93. The molecule has 0 saturated heterocycles. The minimum absolute atomic E-state index is 0.661. The Morgan fingerprint density at radius 1 is 0.274 bits per heavy atom. The van der Waals surface area contributed by atoms with Crippen molar-refractivity contribution in [2.45, 2.75) is 0 Å². The van der Waals surface area contributed by atoms with Crippen LogP contribution in [-0.4, -0.2) is 9.97 Å². The van der Waals surface area contributed by atoms with E-state index in [9.17, 15) is 0 Å². The van der Waals surface area contributed by atoms with Crippen LogP contribution in [0.3, 0.4) is 0 Å². The molecule has 4 nitrogen and oxygen atoms in total. The fraction of sp³-hybridized carbons (Fsp3) is 0. The minimum Gasteiger partial charge on any atom is -0.456 e. The van der Waals surface area contributed by atoms with Gasteiger partial charge < -0.3 is 8.83 Å². The summed E-state index contributed by atoms with van der Waals surface area (Å²) in [6, 6.07) is 76.1. The highest BCUT2D eigenvalue weighted by Gasteiger charge is 2.21. The number of furan rings is 2. The lowest BCUT2D eigenvalue weighted by Gasteiger charge is -2.13. The second-order valence-corrected chi connectivity index (χ2v) is 15.7. The third-order valence-electron chi connectivity index (χ3n) is 11.9. The molecule has 290 valence electrons. The summed E-state index contributed by atoms with van der Waals surface area (Å²) in [4.78, 5) is 10.5. The van der Waals surface area contributed by atoms with Gasteiger partial charge in [0.1, 0.15) is 22.3 Å². The molecule has 0 radical (unpaired) electrons. The fourth-order valence-electron chi connectivity index (χ4n) is 8.93. The maximum atomic E-state index is 6.76. The molecule has 62 heavy (non-hydrogen) atoms. The van der Waals surface area contributed by atoms with Crippen molar-refractivity contribution in [3.8, 4) is 78.4 Å². The molecule has 3 heterocycles. The number of para-hydroxylation sites is 2. The van der Waals surface area contributed by atoms with Gasteiger partial charge in [0.25, 0.3) is 0 Å². The van der Waals surface area contributed by atoms with E-state index in [-0.39, 0.29) is 0 Å². The van der Waals surface area contributed by atoms with Gasteiger partial charge in [-0.05, 0) is 87.5 Å². The normalized spacial score (nSPS) is 11.5. The van der Waals surface area contributed by atoms with Gasteiger partial charge in [-0.25, -0.2) is 9.97 Å². The van der Waals surface area contributed by atoms with Gasteiger partial charge in [0, 0.05) is 43.8 Å². The molecular formula is C58H36N2O2. The van der Waals surface area contributed by atoms with E-state index in [1.54, 1.807) is 0 Å². The summed E-state index contributed by atoms with van der Waals surface area (Å²) in [5, 5.41) is 4.32. The molecule has 0 saturated carbocycles. The monoisotopic (exact) mass is 792 g/mol. The van der Waals surface area contributed by atoms with E-state index in [4.69, 9.17) is 18.8 Å². The Labute approximate surface area is 358 Å². The first-order chi connectivity index (χ1) is 30.7. The van der Waals surface area contributed by atoms with Crippen molar-refractivity contribution in [2.24, 2.45) is 0 Å². The van der Waals surface area contributed by atoms with Crippen molar-refractivity contribution in [3.05, 3.63) is 218 Å². The number of rotatable bonds is 7. The molecule has 0 atom stereocenters. The predicted octanol–water partition coefficient (Wildman–Crippen LogP) is 15.9. The number of fused-ring (bicyclic) bond motifs is 6. The van der Waals surface area contributed by atoms with Crippen molar-refractivity contribution in [1.29, 1.82) is 0 Å². The van der Waals surface area contributed by atoms with Crippen molar-refractivity contribution < 1.29 is 8.83 Å². The maximum absolute atomic E-state index is 6.76. The van der Waals surface area contributed by atoms with Crippen molar-refractivity contribution in [2.75, 3.05) is 0 Å². The van der Waals surface area contributed by atoms with Gasteiger partial charge in [0.15, 0.2) is 5.82 Å². The molecule has 0 unspecified atom stereocenters. The summed E-state index contributed by atoms with van der Waals surface area (Å²) in [6.07, 6.45) is 0. The van der Waals surface area contributed by atoms with Crippen molar-refractivity contribution in [1.82, 2.24) is 9.97 Å². The zero-order valence-electron chi connectivity index (χ0n) is 33.5. The average Bonchev–Trinajstić information content (AvgIpc) is 3.94. The van der Waals surface area contributed by atoms with Gasteiger partial charge in [-0.3, -0.25) is 0 Å². The molecule has 0 fully saturated rings. The van der Waals surface area contributed by atoms with Gasteiger partial charge in [0.2, 0.25) is 0 Å². The minimum atomic E-state index is 0.661. The van der Waals surface area contributed by atoms with E-state index in [1.807, 2.05) is 36.4 Å². The molecule has 4 heteroatoms. The van der Waals surface area contributed by atoms with Crippen LogP contribution in [0.25, 0.3) is 122 Å². The smallest absolute Gasteiger partial charge is 0.160 e. The summed E-state index contributed by atoms with van der Waals surface area (Å²) in [6.45, 7) is 0. The number of nitrogens with zero attached hydrogens (tertiary/aromatic N) is 2. The Morgan fingerprint density at radius 2 is 0.774 bits per heavy atom. The van der Waals surface area contributed by atoms with Crippen LogP contribution in [0.2, 0.25) is 0 Å². The zero-order valence-corrected chi connectivity index (χ0v) is 33.5. The van der Waals surface area contributed by atoms with Crippen molar-refractivity contribution in [3.63, 3.8) is 0 Å².